The Kier molecular flexibility index (Phi) is 20.2. The Morgan fingerprint density at radius 1 is 0.755 bits per heavy atom. The van der Waals surface area contributed by atoms with E-state index in [1.807, 2.05) is 0 Å². The Labute approximate surface area is 286 Å². The lowest BCUT2D eigenvalue weighted by Crippen LogP contribution is -2.24. The third-order valence-corrected chi connectivity index (χ3v) is 8.10. The number of nitrogens with zero attached hydrogens (tertiary/aromatic N) is 1. The number of benzene rings is 2. The highest BCUT2D eigenvalue weighted by Gasteiger charge is 2.17. The van der Waals surface area contributed by atoms with Gasteiger partial charge in [0.15, 0.2) is 33.2 Å². The molecule has 0 aromatic heterocycles. The first kappa shape index (κ1) is 41.7. The number of guanidine groups is 1. The smallest absolute Gasteiger partial charge is 0.275 e. The molecule has 1 amide bonds. The molecule has 0 aliphatic carbocycles. The summed E-state index contributed by atoms with van der Waals surface area (Å²) >= 11 is 0. The second-order valence-electron chi connectivity index (χ2n) is 10.4. The van der Waals surface area contributed by atoms with Crippen LogP contribution in [0.3, 0.4) is 0 Å². The topological polar surface area (TPSA) is 180 Å². The number of amides is 1. The van der Waals surface area contributed by atoms with Gasteiger partial charge in [0.05, 0.1) is 76.7 Å². The van der Waals surface area contributed by atoms with Crippen molar-refractivity contribution in [2.45, 2.75) is 31.6 Å². The molecular weight excluding hydrogens is 668 g/mol. The van der Waals surface area contributed by atoms with Crippen LogP contribution in [0.25, 0.3) is 6.08 Å². The standard InChI is InChI=1S/C33H47F2N3O10S/c1-3-9-42-11-13-44-15-17-46-19-20-47-18-16-45-14-12-43-10-4-21-49(40,41)28-7-5-27(6-8-28)48-31-29(34)23-26(24-30(31)35)22-25(2)32(39)38-33(36)37/h5-8,22-24H,3-4,9-21H2,1-2H3,(H4,36,37,38,39)/b25-22+. The monoisotopic (exact) mass is 715 g/mol. The Balaban J connectivity index is 1.60. The summed E-state index contributed by atoms with van der Waals surface area (Å²) in [6.45, 7) is 8.90. The maximum atomic E-state index is 14.7. The average molecular weight is 716 g/mol. The summed E-state index contributed by atoms with van der Waals surface area (Å²) in [4.78, 5) is 15.2. The molecule has 0 atom stereocenters. The Bertz CT molecular complexity index is 1410. The number of nitrogens with two attached hydrogens (primary N) is 2. The van der Waals surface area contributed by atoms with Gasteiger partial charge in [-0.05, 0) is 67.8 Å². The van der Waals surface area contributed by atoms with Crippen LogP contribution in [0.4, 0.5) is 8.78 Å². The molecule has 0 aliphatic rings. The minimum Gasteiger partial charge on any atom is -0.451 e. The zero-order valence-corrected chi connectivity index (χ0v) is 28.8. The maximum Gasteiger partial charge on any atom is 0.275 e. The molecule has 0 aliphatic heterocycles. The number of halogens is 2. The van der Waals surface area contributed by atoms with Gasteiger partial charge in [-0.15, -0.1) is 0 Å². The normalized spacial score (nSPS) is 11.9. The molecular formula is C33H47F2N3O10S. The highest BCUT2D eigenvalue weighted by Crippen LogP contribution is 2.30. The van der Waals surface area contributed by atoms with Crippen LogP contribution in [0, 0.1) is 11.6 Å². The highest BCUT2D eigenvalue weighted by atomic mass is 32.2. The van der Waals surface area contributed by atoms with Crippen molar-refractivity contribution in [2.24, 2.45) is 16.5 Å². The number of hydrogen-bond donors (Lipinski definition) is 2. The second kappa shape index (κ2) is 23.8. The fraction of sp³-hybridized carbons (Fsp3) is 0.515. The Morgan fingerprint density at radius 2 is 1.20 bits per heavy atom. The molecule has 0 heterocycles. The van der Waals surface area contributed by atoms with E-state index in [1.54, 1.807) is 0 Å². The first-order valence-electron chi connectivity index (χ1n) is 15.8. The van der Waals surface area contributed by atoms with Crippen LogP contribution in [-0.4, -0.2) is 105 Å². The minimum absolute atomic E-state index is 0.0198. The number of sulfone groups is 1. The zero-order chi connectivity index (χ0) is 35.9. The summed E-state index contributed by atoms with van der Waals surface area (Å²) in [7, 11) is -3.63. The number of hydrogen-bond acceptors (Lipinski definition) is 10. The molecule has 0 fully saturated rings. The van der Waals surface area contributed by atoms with Gasteiger partial charge in [-0.25, -0.2) is 17.2 Å². The summed E-state index contributed by atoms with van der Waals surface area (Å²) in [6.07, 6.45) is 2.46. The van der Waals surface area contributed by atoms with Gasteiger partial charge in [0, 0.05) is 18.8 Å². The maximum absolute atomic E-state index is 14.7. The summed E-state index contributed by atoms with van der Waals surface area (Å²) in [6, 6.07) is 7.11. The number of ether oxygens (including phenoxy) is 7. The van der Waals surface area contributed by atoms with Gasteiger partial charge in [-0.1, -0.05) is 6.92 Å². The number of carbonyl (C=O) groups excluding carboxylic acids is 1. The molecule has 2 rings (SSSR count). The van der Waals surface area contributed by atoms with Crippen molar-refractivity contribution >= 4 is 27.8 Å². The van der Waals surface area contributed by atoms with Crippen molar-refractivity contribution in [1.29, 1.82) is 0 Å². The molecule has 0 saturated heterocycles. The van der Waals surface area contributed by atoms with Crippen LogP contribution in [0.5, 0.6) is 11.5 Å². The third-order valence-electron chi connectivity index (χ3n) is 6.28. The molecule has 0 saturated carbocycles. The van der Waals surface area contributed by atoms with Crippen LogP contribution in [0.2, 0.25) is 0 Å². The van der Waals surface area contributed by atoms with E-state index < -0.39 is 39.1 Å². The summed E-state index contributed by atoms with van der Waals surface area (Å²) in [5.41, 5.74) is 10.4. The van der Waals surface area contributed by atoms with Crippen LogP contribution in [-0.2, 0) is 43.1 Å². The van der Waals surface area contributed by atoms with Crippen molar-refractivity contribution in [3.63, 3.8) is 0 Å². The van der Waals surface area contributed by atoms with Crippen LogP contribution >= 0.6 is 0 Å². The van der Waals surface area contributed by atoms with Crippen LogP contribution < -0.4 is 16.2 Å². The molecule has 0 unspecified atom stereocenters. The van der Waals surface area contributed by atoms with Crippen molar-refractivity contribution < 1.29 is 55.2 Å². The van der Waals surface area contributed by atoms with Crippen molar-refractivity contribution in [2.75, 3.05) is 85.0 Å². The number of carbonyl (C=O) groups is 1. The Morgan fingerprint density at radius 3 is 1.65 bits per heavy atom. The molecule has 13 nitrogen and oxygen atoms in total. The zero-order valence-electron chi connectivity index (χ0n) is 28.0. The fourth-order valence-corrected chi connectivity index (χ4v) is 5.21. The molecule has 2 aromatic carbocycles. The van der Waals surface area contributed by atoms with Crippen LogP contribution in [0.15, 0.2) is 51.9 Å². The molecule has 274 valence electrons. The van der Waals surface area contributed by atoms with E-state index in [-0.39, 0.29) is 40.6 Å². The molecule has 4 N–H and O–H groups in total. The fourth-order valence-electron chi connectivity index (χ4n) is 3.93. The molecule has 0 radical (unpaired) electrons. The first-order valence-corrected chi connectivity index (χ1v) is 17.5. The van der Waals surface area contributed by atoms with E-state index in [9.17, 15) is 22.0 Å². The molecule has 0 spiro atoms. The van der Waals surface area contributed by atoms with Crippen LogP contribution in [0.1, 0.15) is 32.3 Å². The van der Waals surface area contributed by atoms with Gasteiger partial charge in [-0.2, -0.15) is 4.99 Å². The average Bonchev–Trinajstić information content (AvgIpc) is 3.05. The quantitative estimate of drug-likeness (QED) is 0.0626. The predicted molar refractivity (Wildman–Crippen MR) is 179 cm³/mol. The van der Waals surface area contributed by atoms with E-state index in [1.165, 1.54) is 37.3 Å². The minimum atomic E-state index is -3.63. The van der Waals surface area contributed by atoms with Gasteiger partial charge >= 0.3 is 0 Å². The van der Waals surface area contributed by atoms with Crippen molar-refractivity contribution in [1.82, 2.24) is 0 Å². The lowest BCUT2D eigenvalue weighted by molar-refractivity contribution is -0.114. The Hall–Kier alpha value is -3.51. The lowest BCUT2D eigenvalue weighted by Gasteiger charge is -2.10. The van der Waals surface area contributed by atoms with E-state index in [0.29, 0.717) is 66.1 Å². The van der Waals surface area contributed by atoms with Crippen molar-refractivity contribution in [3.8, 4) is 11.5 Å². The second-order valence-corrected chi connectivity index (χ2v) is 12.5. The third kappa shape index (κ3) is 17.6. The predicted octanol–water partition coefficient (Wildman–Crippen LogP) is 3.63. The molecule has 49 heavy (non-hydrogen) atoms. The summed E-state index contributed by atoms with van der Waals surface area (Å²) in [5, 5.41) is 0. The summed E-state index contributed by atoms with van der Waals surface area (Å²) < 4.78 is 92.5. The van der Waals surface area contributed by atoms with Gasteiger partial charge in [0.1, 0.15) is 5.75 Å². The van der Waals surface area contributed by atoms with Gasteiger partial charge < -0.3 is 44.6 Å². The molecule has 16 heteroatoms. The largest absolute Gasteiger partial charge is 0.451 e. The highest BCUT2D eigenvalue weighted by molar-refractivity contribution is 7.91. The van der Waals surface area contributed by atoms with E-state index >= 15 is 0 Å². The number of rotatable bonds is 26. The van der Waals surface area contributed by atoms with Gasteiger partial charge in [0.25, 0.3) is 5.91 Å². The van der Waals surface area contributed by atoms with Gasteiger partial charge in [0.2, 0.25) is 0 Å². The summed E-state index contributed by atoms with van der Waals surface area (Å²) in [5.74, 6) is -4.10. The van der Waals surface area contributed by atoms with Crippen molar-refractivity contribution in [3.05, 3.63) is 59.2 Å². The number of aliphatic imine (C=N–C) groups is 1. The van der Waals surface area contributed by atoms with E-state index in [0.717, 1.165) is 25.2 Å². The van der Waals surface area contributed by atoms with E-state index in [2.05, 4.69) is 11.9 Å². The lowest BCUT2D eigenvalue weighted by atomic mass is 10.1. The molecule has 0 bridgehead atoms. The first-order chi connectivity index (χ1) is 23.5. The SMILES string of the molecule is CCCOCCOCCOCCOCCOCCOCCCS(=O)(=O)c1ccc(Oc2c(F)cc(/C=C(\C)C(=O)N=C(N)N)cc2F)cc1. The molecule has 2 aromatic rings. The van der Waals surface area contributed by atoms with Gasteiger partial charge in [-0.3, -0.25) is 4.79 Å². The van der Waals surface area contributed by atoms with E-state index in [4.69, 9.17) is 44.6 Å².